The van der Waals surface area contributed by atoms with Gasteiger partial charge in [0.2, 0.25) is 11.8 Å². The summed E-state index contributed by atoms with van der Waals surface area (Å²) in [6, 6.07) is 0. The first-order valence-electron chi connectivity index (χ1n) is 9.30. The molecule has 2 unspecified atom stereocenters. The maximum Gasteiger partial charge on any atom is 0.334 e. The molecule has 9 heteroatoms. The number of cyclic esters (lactones) is 3. The van der Waals surface area contributed by atoms with Crippen molar-refractivity contribution in [1.29, 1.82) is 0 Å². The number of amides is 2. The van der Waals surface area contributed by atoms with Crippen LogP contribution in [0, 0.1) is 11.3 Å². The van der Waals surface area contributed by atoms with Gasteiger partial charge in [0.15, 0.2) is 0 Å². The summed E-state index contributed by atoms with van der Waals surface area (Å²) in [6.07, 6.45) is 0.782. The van der Waals surface area contributed by atoms with E-state index in [2.05, 4.69) is 15.4 Å². The highest BCUT2D eigenvalue weighted by molar-refractivity contribution is 5.99. The van der Waals surface area contributed by atoms with Crippen molar-refractivity contribution < 1.29 is 33.4 Å². The highest BCUT2D eigenvalue weighted by atomic mass is 16.6. The van der Waals surface area contributed by atoms with Gasteiger partial charge in [-0.2, -0.15) is 0 Å². The number of hydrogen-bond acceptors (Lipinski definition) is 7. The molecule has 2 aliphatic heterocycles. The van der Waals surface area contributed by atoms with Gasteiger partial charge in [-0.1, -0.05) is 6.92 Å². The summed E-state index contributed by atoms with van der Waals surface area (Å²) < 4.78 is 9.51. The second-order valence-corrected chi connectivity index (χ2v) is 7.38. The summed E-state index contributed by atoms with van der Waals surface area (Å²) >= 11 is 0. The molecule has 2 rings (SSSR count). The van der Waals surface area contributed by atoms with Crippen molar-refractivity contribution >= 4 is 29.7 Å². The number of ether oxygens (including phenoxy) is 2. The summed E-state index contributed by atoms with van der Waals surface area (Å²) in [5.41, 5.74) is 0.410. The van der Waals surface area contributed by atoms with Crippen LogP contribution in [0.1, 0.15) is 46.5 Å². The fourth-order valence-corrected chi connectivity index (χ4v) is 3.08. The lowest BCUT2D eigenvalue weighted by Gasteiger charge is -2.21. The maximum atomic E-state index is 11.9. The predicted octanol–water partition coefficient (Wildman–Crippen LogP) is 0.378. The number of rotatable bonds is 9. The molecular weight excluding hydrogens is 368 g/mol. The van der Waals surface area contributed by atoms with Gasteiger partial charge in [-0.15, -0.1) is 0 Å². The lowest BCUT2D eigenvalue weighted by Crippen LogP contribution is -2.36. The van der Waals surface area contributed by atoms with Crippen LogP contribution in [0.2, 0.25) is 0 Å². The van der Waals surface area contributed by atoms with E-state index in [4.69, 9.17) is 4.74 Å². The number of hydrogen-bond donors (Lipinski definition) is 2. The maximum absolute atomic E-state index is 11.9. The molecule has 0 spiro atoms. The van der Waals surface area contributed by atoms with Gasteiger partial charge >= 0.3 is 17.9 Å². The SMILES string of the molecule is CC1=C(CCC(=O)NCCNC(=O)CCC2(C)C(=O)OC(=O)C2C)C(=O)OC1. The van der Waals surface area contributed by atoms with E-state index in [-0.39, 0.29) is 56.7 Å². The largest absolute Gasteiger partial charge is 0.458 e. The Balaban J connectivity index is 1.61. The molecule has 2 N–H and O–H groups in total. The second kappa shape index (κ2) is 8.99. The molecule has 0 radical (unpaired) electrons. The third-order valence-electron chi connectivity index (χ3n) is 5.39. The summed E-state index contributed by atoms with van der Waals surface area (Å²) in [5.74, 6) is -2.60. The molecule has 2 heterocycles. The van der Waals surface area contributed by atoms with Crippen molar-refractivity contribution in [3.05, 3.63) is 11.1 Å². The molecule has 0 aromatic rings. The Kier molecular flexibility index (Phi) is 6.93. The first-order valence-corrected chi connectivity index (χ1v) is 9.30. The van der Waals surface area contributed by atoms with Gasteiger partial charge in [0, 0.05) is 31.5 Å². The first kappa shape index (κ1) is 21.6. The van der Waals surface area contributed by atoms with Crippen molar-refractivity contribution in [3.63, 3.8) is 0 Å². The van der Waals surface area contributed by atoms with Gasteiger partial charge in [0.1, 0.15) is 6.61 Å². The molecule has 2 atom stereocenters. The molecule has 0 aliphatic carbocycles. The van der Waals surface area contributed by atoms with Gasteiger partial charge in [-0.05, 0) is 32.3 Å². The number of nitrogens with one attached hydrogen (secondary N) is 2. The van der Waals surface area contributed by atoms with Gasteiger partial charge in [-0.3, -0.25) is 19.2 Å². The normalized spacial score (nSPS) is 24.2. The van der Waals surface area contributed by atoms with Gasteiger partial charge < -0.3 is 20.1 Å². The fourth-order valence-electron chi connectivity index (χ4n) is 3.08. The van der Waals surface area contributed by atoms with E-state index < -0.39 is 23.3 Å². The molecule has 2 amide bonds. The molecule has 0 saturated carbocycles. The summed E-state index contributed by atoms with van der Waals surface area (Å²) in [5, 5.41) is 5.33. The molecule has 1 fully saturated rings. The Bertz CT molecular complexity index is 728. The monoisotopic (exact) mass is 394 g/mol. The number of carbonyl (C=O) groups is 5. The van der Waals surface area contributed by atoms with Gasteiger partial charge in [0.25, 0.3) is 0 Å². The van der Waals surface area contributed by atoms with E-state index in [0.717, 1.165) is 5.57 Å². The van der Waals surface area contributed by atoms with E-state index in [0.29, 0.717) is 12.0 Å². The van der Waals surface area contributed by atoms with Crippen molar-refractivity contribution in [2.45, 2.75) is 46.5 Å². The Hall–Kier alpha value is -2.71. The zero-order valence-corrected chi connectivity index (χ0v) is 16.4. The standard InChI is InChI=1S/C19H26N2O7/c1-11-10-27-17(25)13(11)4-5-14(22)20-8-9-21-15(23)6-7-19(3)12(2)16(24)28-18(19)26/h12H,4-10H2,1-3H3,(H,20,22)(H,21,23). The van der Waals surface area contributed by atoms with Crippen LogP contribution >= 0.6 is 0 Å². The van der Waals surface area contributed by atoms with Crippen LogP contribution in [0.3, 0.4) is 0 Å². The minimum atomic E-state index is -0.989. The predicted molar refractivity (Wildman–Crippen MR) is 96.5 cm³/mol. The van der Waals surface area contributed by atoms with E-state index >= 15 is 0 Å². The minimum Gasteiger partial charge on any atom is -0.458 e. The summed E-state index contributed by atoms with van der Waals surface area (Å²) in [7, 11) is 0. The van der Waals surface area contributed by atoms with Gasteiger partial charge in [-0.25, -0.2) is 4.79 Å². The van der Waals surface area contributed by atoms with Gasteiger partial charge in [0.05, 0.1) is 11.3 Å². The fraction of sp³-hybridized carbons (Fsp3) is 0.632. The molecule has 2 aliphatic rings. The zero-order chi connectivity index (χ0) is 20.9. The molecule has 0 aromatic heterocycles. The van der Waals surface area contributed by atoms with Crippen LogP contribution in [0.4, 0.5) is 0 Å². The zero-order valence-electron chi connectivity index (χ0n) is 16.4. The Morgan fingerprint density at radius 2 is 1.71 bits per heavy atom. The molecular formula is C19H26N2O7. The average Bonchev–Trinajstić information content (AvgIpc) is 3.07. The number of esters is 3. The lowest BCUT2D eigenvalue weighted by atomic mass is 9.76. The highest BCUT2D eigenvalue weighted by Crippen LogP contribution is 2.39. The van der Waals surface area contributed by atoms with Crippen molar-refractivity contribution in [1.82, 2.24) is 10.6 Å². The molecule has 154 valence electrons. The molecule has 0 bridgehead atoms. The van der Waals surface area contributed by atoms with E-state index in [9.17, 15) is 24.0 Å². The van der Waals surface area contributed by atoms with Crippen LogP contribution < -0.4 is 10.6 Å². The Morgan fingerprint density at radius 3 is 2.21 bits per heavy atom. The molecule has 0 aromatic carbocycles. The summed E-state index contributed by atoms with van der Waals surface area (Å²) in [6.45, 7) is 5.81. The van der Waals surface area contributed by atoms with Crippen molar-refractivity contribution in [2.24, 2.45) is 11.3 Å². The number of carbonyl (C=O) groups excluding carboxylic acids is 5. The minimum absolute atomic E-state index is 0.0761. The highest BCUT2D eigenvalue weighted by Gasteiger charge is 2.51. The Labute approximate surface area is 163 Å². The van der Waals surface area contributed by atoms with Crippen LogP contribution in [-0.4, -0.2) is 49.4 Å². The topological polar surface area (TPSA) is 128 Å². The summed E-state index contributed by atoms with van der Waals surface area (Å²) in [4.78, 5) is 58.5. The molecule has 9 nitrogen and oxygen atoms in total. The van der Waals surface area contributed by atoms with Crippen LogP contribution in [0.25, 0.3) is 0 Å². The van der Waals surface area contributed by atoms with Crippen LogP contribution in [0.15, 0.2) is 11.1 Å². The molecule has 1 saturated heterocycles. The van der Waals surface area contributed by atoms with E-state index in [1.807, 2.05) is 0 Å². The average molecular weight is 394 g/mol. The quantitative estimate of drug-likeness (QED) is 0.329. The third-order valence-corrected chi connectivity index (χ3v) is 5.39. The smallest absolute Gasteiger partial charge is 0.334 e. The van der Waals surface area contributed by atoms with Crippen molar-refractivity contribution in [3.8, 4) is 0 Å². The van der Waals surface area contributed by atoms with Crippen molar-refractivity contribution in [2.75, 3.05) is 19.7 Å². The first-order chi connectivity index (χ1) is 13.1. The van der Waals surface area contributed by atoms with E-state index in [1.54, 1.807) is 20.8 Å². The third kappa shape index (κ3) is 4.96. The van der Waals surface area contributed by atoms with Crippen LogP contribution in [-0.2, 0) is 33.4 Å². The Morgan fingerprint density at radius 1 is 1.11 bits per heavy atom. The second-order valence-electron chi connectivity index (χ2n) is 7.38. The van der Waals surface area contributed by atoms with Crippen LogP contribution in [0.5, 0.6) is 0 Å². The molecule has 28 heavy (non-hydrogen) atoms. The lowest BCUT2D eigenvalue weighted by molar-refractivity contribution is -0.155. The van der Waals surface area contributed by atoms with E-state index in [1.165, 1.54) is 0 Å².